The van der Waals surface area contributed by atoms with Crippen LogP contribution in [0.4, 0.5) is 0 Å². The number of thioether (sulfide) groups is 1. The van der Waals surface area contributed by atoms with Gasteiger partial charge in [0.15, 0.2) is 0 Å². The molecule has 0 radical (unpaired) electrons. The molecule has 6 nitrogen and oxygen atoms in total. The maximum absolute atomic E-state index is 12.7. The fourth-order valence-electron chi connectivity index (χ4n) is 2.50. The number of nitrogens with one attached hydrogen (secondary N) is 1. The van der Waals surface area contributed by atoms with Gasteiger partial charge >= 0.3 is 5.97 Å². The van der Waals surface area contributed by atoms with E-state index >= 15 is 0 Å². The van der Waals surface area contributed by atoms with Crippen LogP contribution in [0.15, 0.2) is 30.3 Å². The van der Waals surface area contributed by atoms with E-state index in [1.165, 1.54) is 11.8 Å². The zero-order chi connectivity index (χ0) is 22.9. The van der Waals surface area contributed by atoms with Crippen molar-refractivity contribution in [1.29, 1.82) is 0 Å². The summed E-state index contributed by atoms with van der Waals surface area (Å²) in [5.74, 6) is -2.28. The first-order chi connectivity index (χ1) is 14.0. The third-order valence-electron chi connectivity index (χ3n) is 4.40. The van der Waals surface area contributed by atoms with Crippen LogP contribution in [0.5, 0.6) is 0 Å². The van der Waals surface area contributed by atoms with Gasteiger partial charge in [-0.1, -0.05) is 30.3 Å². The predicted molar refractivity (Wildman–Crippen MR) is 125 cm³/mol. The molecule has 0 saturated carbocycles. The second kappa shape index (κ2) is 12.5. The van der Waals surface area contributed by atoms with Crippen molar-refractivity contribution in [2.45, 2.75) is 44.2 Å². The largest absolute Gasteiger partial charge is 0.548 e. The van der Waals surface area contributed by atoms with E-state index in [4.69, 9.17) is 4.18 Å². The Balaban J connectivity index is 2.80. The fourth-order valence-corrected chi connectivity index (χ4v) is 5.44. The van der Waals surface area contributed by atoms with Crippen molar-refractivity contribution in [2.75, 3.05) is 18.3 Å². The highest BCUT2D eigenvalue weighted by Crippen LogP contribution is 2.25. The van der Waals surface area contributed by atoms with Crippen LogP contribution in [0.2, 0.25) is 0 Å². The van der Waals surface area contributed by atoms with Gasteiger partial charge in [-0.05, 0) is 39.0 Å². The van der Waals surface area contributed by atoms with Crippen LogP contribution in [-0.4, -0.2) is 46.7 Å². The average Bonchev–Trinajstić information content (AvgIpc) is 2.68. The lowest BCUT2D eigenvalue weighted by molar-refractivity contribution is -0.308. The lowest BCUT2D eigenvalue weighted by Crippen LogP contribution is -2.51. The summed E-state index contributed by atoms with van der Waals surface area (Å²) in [4.78, 5) is 36.6. The Morgan fingerprint density at radius 2 is 1.83 bits per heavy atom. The van der Waals surface area contributed by atoms with Crippen molar-refractivity contribution in [3.8, 4) is 0 Å². The molecule has 0 fully saturated rings. The molecule has 4 atom stereocenters. The number of aliphatic carboxylic acids is 1. The Morgan fingerprint density at radius 3 is 2.30 bits per heavy atom. The number of carbonyl (C=O) groups is 3. The lowest BCUT2D eigenvalue weighted by atomic mass is 9.98. The molecule has 30 heavy (non-hydrogen) atoms. The molecule has 0 aromatic heterocycles. The minimum Gasteiger partial charge on any atom is -0.548 e. The summed E-state index contributed by atoms with van der Waals surface area (Å²) >= 11 is 4.83. The molecule has 0 bridgehead atoms. The fraction of sp³-hybridized carbons (Fsp3) is 0.571. The van der Waals surface area contributed by atoms with E-state index in [1.807, 2.05) is 36.6 Å². The number of thiol groups is 1. The SMILES string of the molecule is CSC(C[C@H](NC(=O)C(CS)Cc1ccccc1)C(=O)[O-])[S+](C)OC(=O)C(C)(C)C. The highest BCUT2D eigenvalue weighted by atomic mass is 32.3. The van der Waals surface area contributed by atoms with Crippen LogP contribution in [0.3, 0.4) is 0 Å². The summed E-state index contributed by atoms with van der Waals surface area (Å²) in [5.41, 5.74) is 0.326. The number of benzene rings is 1. The van der Waals surface area contributed by atoms with E-state index in [0.29, 0.717) is 6.42 Å². The summed E-state index contributed by atoms with van der Waals surface area (Å²) in [6.07, 6.45) is 4.13. The molecule has 0 saturated heterocycles. The number of carbonyl (C=O) groups excluding carboxylic acids is 3. The van der Waals surface area contributed by atoms with Crippen LogP contribution in [0.1, 0.15) is 32.8 Å². The molecule has 168 valence electrons. The number of hydrogen-bond donors (Lipinski definition) is 2. The normalized spacial score (nSPS) is 15.5. The zero-order valence-electron chi connectivity index (χ0n) is 18.0. The van der Waals surface area contributed by atoms with Gasteiger partial charge in [-0.15, -0.1) is 11.8 Å². The quantitative estimate of drug-likeness (QED) is 0.376. The molecule has 0 spiro atoms. The van der Waals surface area contributed by atoms with Crippen LogP contribution in [0, 0.1) is 11.3 Å². The molecule has 1 N–H and O–H groups in total. The molecule has 1 aromatic carbocycles. The number of amides is 1. The third-order valence-corrected chi connectivity index (χ3v) is 8.29. The molecule has 3 unspecified atom stereocenters. The summed E-state index contributed by atoms with van der Waals surface area (Å²) in [6, 6.07) is 8.30. The van der Waals surface area contributed by atoms with E-state index < -0.39 is 34.5 Å². The number of carboxylic acid groups (broad SMARTS) is 1. The van der Waals surface area contributed by atoms with Gasteiger partial charge in [0.2, 0.25) is 21.7 Å². The molecule has 0 heterocycles. The zero-order valence-corrected chi connectivity index (χ0v) is 20.6. The third kappa shape index (κ3) is 8.81. The Kier molecular flexibility index (Phi) is 11.1. The Hall–Kier alpha value is -1.32. The van der Waals surface area contributed by atoms with Gasteiger partial charge in [0.25, 0.3) is 0 Å². The number of rotatable bonds is 11. The second-order valence-corrected chi connectivity index (χ2v) is 11.4. The molecule has 0 aliphatic heterocycles. The Morgan fingerprint density at radius 1 is 1.23 bits per heavy atom. The highest BCUT2D eigenvalue weighted by Gasteiger charge is 2.38. The van der Waals surface area contributed by atoms with Crippen LogP contribution in [0.25, 0.3) is 0 Å². The Labute approximate surface area is 191 Å². The topological polar surface area (TPSA) is 95.5 Å². The van der Waals surface area contributed by atoms with Gasteiger partial charge in [-0.3, -0.25) is 4.79 Å². The van der Waals surface area contributed by atoms with E-state index in [9.17, 15) is 19.5 Å². The van der Waals surface area contributed by atoms with Crippen molar-refractivity contribution in [1.82, 2.24) is 5.32 Å². The summed E-state index contributed by atoms with van der Waals surface area (Å²) in [6.45, 7) is 5.28. The van der Waals surface area contributed by atoms with Gasteiger partial charge < -0.3 is 15.2 Å². The molecule has 0 aliphatic rings. The maximum atomic E-state index is 12.7. The molecular formula is C21H31NO5S3. The standard InChI is InChI=1S/C21H31NO5S3/c1-21(2,3)20(26)27-30(5)17(29-4)12-16(19(24)25)22-18(23)15(13-28)11-14-9-7-6-8-10-14/h6-10,15-17H,11-13H2,1-5H3,(H2-,22,23,24,25,28)/t15?,16-,17?,30?/m0/s1. The predicted octanol–water partition coefficient (Wildman–Crippen LogP) is 1.84. The molecule has 0 aliphatic carbocycles. The van der Waals surface area contributed by atoms with E-state index in [2.05, 4.69) is 17.9 Å². The van der Waals surface area contributed by atoms with Gasteiger partial charge in [0.1, 0.15) is 6.26 Å². The number of carboxylic acids is 1. The molecule has 1 aromatic rings. The summed E-state index contributed by atoms with van der Waals surface area (Å²) in [5, 5.41) is 14.3. The van der Waals surface area contributed by atoms with Crippen LogP contribution < -0.4 is 10.4 Å². The monoisotopic (exact) mass is 473 g/mol. The smallest absolute Gasteiger partial charge is 0.369 e. The van der Waals surface area contributed by atoms with Gasteiger partial charge in [-0.25, -0.2) is 8.98 Å². The van der Waals surface area contributed by atoms with Crippen LogP contribution in [-0.2, 0) is 36.2 Å². The minimum atomic E-state index is -1.36. The first-order valence-corrected chi connectivity index (χ1v) is 13.1. The second-order valence-electron chi connectivity index (χ2n) is 7.97. The minimum absolute atomic E-state index is 0.0941. The Bertz CT molecular complexity index is 708. The summed E-state index contributed by atoms with van der Waals surface area (Å²) < 4.78 is 5.24. The maximum Gasteiger partial charge on any atom is 0.369 e. The molecule has 1 rings (SSSR count). The first kappa shape index (κ1) is 26.7. The number of hydrogen-bond acceptors (Lipinski definition) is 7. The van der Waals surface area contributed by atoms with Crippen molar-refractivity contribution in [2.24, 2.45) is 11.3 Å². The van der Waals surface area contributed by atoms with E-state index in [1.54, 1.807) is 27.0 Å². The van der Waals surface area contributed by atoms with E-state index in [0.717, 1.165) is 5.56 Å². The molecule has 1 amide bonds. The lowest BCUT2D eigenvalue weighted by Gasteiger charge is -2.25. The van der Waals surface area contributed by atoms with E-state index in [-0.39, 0.29) is 28.6 Å². The highest BCUT2D eigenvalue weighted by molar-refractivity contribution is 8.13. The van der Waals surface area contributed by atoms with Gasteiger partial charge in [-0.2, -0.15) is 12.6 Å². The first-order valence-electron chi connectivity index (χ1n) is 9.55. The van der Waals surface area contributed by atoms with Gasteiger partial charge in [0, 0.05) is 12.2 Å². The van der Waals surface area contributed by atoms with Crippen molar-refractivity contribution >= 4 is 53.4 Å². The summed E-state index contributed by atoms with van der Waals surface area (Å²) in [7, 11) is 0. The van der Waals surface area contributed by atoms with Crippen molar-refractivity contribution in [3.63, 3.8) is 0 Å². The molecular weight excluding hydrogens is 442 g/mol. The van der Waals surface area contributed by atoms with Crippen molar-refractivity contribution < 1.29 is 23.7 Å². The molecule has 9 heteroatoms. The van der Waals surface area contributed by atoms with Crippen molar-refractivity contribution in [3.05, 3.63) is 35.9 Å². The van der Waals surface area contributed by atoms with Crippen LogP contribution >= 0.6 is 24.4 Å². The van der Waals surface area contributed by atoms with Gasteiger partial charge in [0.05, 0.1) is 23.3 Å². The average molecular weight is 474 g/mol.